The minimum Gasteiger partial charge on any atom is -0.329 e. The SMILES string of the molecule is O=C(N/C=C/c1ccccc1)c1[c]cccc1. The molecule has 0 aliphatic heterocycles. The molecule has 2 rings (SSSR count). The molecule has 2 aromatic rings. The van der Waals surface area contributed by atoms with Crippen molar-refractivity contribution in [1.82, 2.24) is 5.32 Å². The lowest BCUT2D eigenvalue weighted by Gasteiger charge is -1.98. The molecule has 0 aliphatic carbocycles. The lowest BCUT2D eigenvalue weighted by Crippen LogP contribution is -2.16. The molecule has 17 heavy (non-hydrogen) atoms. The van der Waals surface area contributed by atoms with Crippen LogP contribution < -0.4 is 5.32 Å². The van der Waals surface area contributed by atoms with E-state index in [1.807, 2.05) is 48.5 Å². The van der Waals surface area contributed by atoms with Gasteiger partial charge in [-0.25, -0.2) is 0 Å². The predicted octanol–water partition coefficient (Wildman–Crippen LogP) is 2.89. The van der Waals surface area contributed by atoms with Crippen LogP contribution in [0.15, 0.2) is 60.8 Å². The van der Waals surface area contributed by atoms with Crippen molar-refractivity contribution >= 4 is 12.0 Å². The summed E-state index contributed by atoms with van der Waals surface area (Å²) in [4.78, 5) is 11.6. The molecular formula is C15H12NO. The number of amides is 1. The Kier molecular flexibility index (Phi) is 3.71. The highest BCUT2D eigenvalue weighted by Crippen LogP contribution is 2.00. The Morgan fingerprint density at radius 3 is 2.53 bits per heavy atom. The predicted molar refractivity (Wildman–Crippen MR) is 68.2 cm³/mol. The van der Waals surface area contributed by atoms with Crippen molar-refractivity contribution in [1.29, 1.82) is 0 Å². The number of carbonyl (C=O) groups excluding carboxylic acids is 1. The van der Waals surface area contributed by atoms with E-state index < -0.39 is 0 Å². The summed E-state index contributed by atoms with van der Waals surface area (Å²) in [5.74, 6) is -0.155. The molecule has 2 aromatic carbocycles. The van der Waals surface area contributed by atoms with E-state index in [9.17, 15) is 4.79 Å². The van der Waals surface area contributed by atoms with Crippen molar-refractivity contribution in [2.75, 3.05) is 0 Å². The molecule has 0 aliphatic rings. The first-order valence-corrected chi connectivity index (χ1v) is 5.35. The number of benzene rings is 2. The normalized spacial score (nSPS) is 10.4. The first-order chi connectivity index (χ1) is 8.36. The molecule has 0 bridgehead atoms. The second kappa shape index (κ2) is 5.66. The largest absolute Gasteiger partial charge is 0.329 e. The fourth-order valence-corrected chi connectivity index (χ4v) is 1.39. The van der Waals surface area contributed by atoms with E-state index in [1.165, 1.54) is 0 Å². The van der Waals surface area contributed by atoms with Crippen molar-refractivity contribution in [2.45, 2.75) is 0 Å². The topological polar surface area (TPSA) is 29.1 Å². The van der Waals surface area contributed by atoms with E-state index in [1.54, 1.807) is 18.3 Å². The molecule has 0 spiro atoms. The van der Waals surface area contributed by atoms with Gasteiger partial charge in [-0.3, -0.25) is 4.79 Å². The van der Waals surface area contributed by atoms with E-state index in [2.05, 4.69) is 11.4 Å². The van der Waals surface area contributed by atoms with Crippen LogP contribution in [0, 0.1) is 6.07 Å². The lowest BCUT2D eigenvalue weighted by atomic mass is 10.2. The summed E-state index contributed by atoms with van der Waals surface area (Å²) < 4.78 is 0. The average Bonchev–Trinajstić information content (AvgIpc) is 2.41. The Hall–Kier alpha value is -2.35. The molecule has 2 heteroatoms. The summed E-state index contributed by atoms with van der Waals surface area (Å²) in [7, 11) is 0. The van der Waals surface area contributed by atoms with Gasteiger partial charge in [-0.05, 0) is 23.8 Å². The lowest BCUT2D eigenvalue weighted by molar-refractivity contribution is 0.0970. The van der Waals surface area contributed by atoms with Crippen LogP contribution in [0.4, 0.5) is 0 Å². The van der Waals surface area contributed by atoms with E-state index in [4.69, 9.17) is 0 Å². The Morgan fingerprint density at radius 1 is 1.06 bits per heavy atom. The maximum absolute atomic E-state index is 11.6. The Bertz CT molecular complexity index is 503. The van der Waals surface area contributed by atoms with Crippen molar-refractivity contribution in [3.8, 4) is 0 Å². The minimum atomic E-state index is -0.155. The second-order valence-corrected chi connectivity index (χ2v) is 3.49. The monoisotopic (exact) mass is 222 g/mol. The van der Waals surface area contributed by atoms with Gasteiger partial charge in [0.2, 0.25) is 0 Å². The highest BCUT2D eigenvalue weighted by Gasteiger charge is 2.00. The van der Waals surface area contributed by atoms with Gasteiger partial charge in [-0.1, -0.05) is 48.5 Å². The first kappa shape index (κ1) is 11.1. The average molecular weight is 222 g/mol. The number of carbonyl (C=O) groups is 1. The molecule has 0 saturated carbocycles. The number of hydrogen-bond acceptors (Lipinski definition) is 1. The van der Waals surface area contributed by atoms with Crippen molar-refractivity contribution in [2.24, 2.45) is 0 Å². The Labute approximate surface area is 101 Å². The van der Waals surface area contributed by atoms with Gasteiger partial charge in [-0.15, -0.1) is 0 Å². The summed E-state index contributed by atoms with van der Waals surface area (Å²) in [6.07, 6.45) is 3.49. The van der Waals surface area contributed by atoms with Gasteiger partial charge in [-0.2, -0.15) is 0 Å². The van der Waals surface area contributed by atoms with Crippen molar-refractivity contribution < 1.29 is 4.79 Å². The third kappa shape index (κ3) is 3.31. The molecule has 0 heterocycles. The highest BCUT2D eigenvalue weighted by atomic mass is 16.1. The Morgan fingerprint density at radius 2 is 1.82 bits per heavy atom. The van der Waals surface area contributed by atoms with E-state index in [0.29, 0.717) is 5.56 Å². The van der Waals surface area contributed by atoms with Crippen LogP contribution in [0.2, 0.25) is 0 Å². The summed E-state index contributed by atoms with van der Waals surface area (Å²) in [5.41, 5.74) is 1.58. The summed E-state index contributed by atoms with van der Waals surface area (Å²) in [5, 5.41) is 2.70. The summed E-state index contributed by atoms with van der Waals surface area (Å²) >= 11 is 0. The van der Waals surface area contributed by atoms with Crippen LogP contribution in [0.25, 0.3) is 6.08 Å². The number of nitrogens with one attached hydrogen (secondary N) is 1. The molecule has 0 atom stereocenters. The fourth-order valence-electron chi connectivity index (χ4n) is 1.39. The summed E-state index contributed by atoms with van der Waals surface area (Å²) in [6.45, 7) is 0. The third-order valence-electron chi connectivity index (χ3n) is 2.24. The Balaban J connectivity index is 1.95. The van der Waals surface area contributed by atoms with Gasteiger partial charge in [0.25, 0.3) is 5.91 Å². The molecule has 1 amide bonds. The molecular weight excluding hydrogens is 210 g/mol. The molecule has 1 N–H and O–H groups in total. The second-order valence-electron chi connectivity index (χ2n) is 3.49. The zero-order valence-corrected chi connectivity index (χ0v) is 9.26. The van der Waals surface area contributed by atoms with Gasteiger partial charge in [0.05, 0.1) is 0 Å². The van der Waals surface area contributed by atoms with Gasteiger partial charge in [0.15, 0.2) is 0 Å². The molecule has 2 nitrogen and oxygen atoms in total. The number of rotatable bonds is 3. The van der Waals surface area contributed by atoms with Gasteiger partial charge in [0.1, 0.15) is 0 Å². The van der Waals surface area contributed by atoms with Crippen LogP contribution in [0.3, 0.4) is 0 Å². The molecule has 0 saturated heterocycles. The van der Waals surface area contributed by atoms with Crippen LogP contribution in [0.1, 0.15) is 15.9 Å². The van der Waals surface area contributed by atoms with Crippen LogP contribution >= 0.6 is 0 Å². The molecule has 0 unspecified atom stereocenters. The fraction of sp³-hybridized carbons (Fsp3) is 0. The van der Waals surface area contributed by atoms with Gasteiger partial charge >= 0.3 is 0 Å². The zero-order chi connectivity index (χ0) is 11.9. The van der Waals surface area contributed by atoms with Gasteiger partial charge in [0, 0.05) is 11.8 Å². The zero-order valence-electron chi connectivity index (χ0n) is 9.26. The molecule has 0 fully saturated rings. The molecule has 83 valence electrons. The molecule has 1 radical (unpaired) electrons. The summed E-state index contributed by atoms with van der Waals surface area (Å²) in [6, 6.07) is 19.8. The van der Waals surface area contributed by atoms with Crippen LogP contribution in [-0.2, 0) is 0 Å². The maximum Gasteiger partial charge on any atom is 0.255 e. The van der Waals surface area contributed by atoms with Gasteiger partial charge < -0.3 is 5.32 Å². The first-order valence-electron chi connectivity index (χ1n) is 5.35. The minimum absolute atomic E-state index is 0.155. The molecule has 0 aromatic heterocycles. The van der Waals surface area contributed by atoms with E-state index in [-0.39, 0.29) is 5.91 Å². The van der Waals surface area contributed by atoms with Crippen molar-refractivity contribution in [3.63, 3.8) is 0 Å². The smallest absolute Gasteiger partial charge is 0.255 e. The third-order valence-corrected chi connectivity index (χ3v) is 2.24. The number of hydrogen-bond donors (Lipinski definition) is 1. The maximum atomic E-state index is 11.6. The van der Waals surface area contributed by atoms with E-state index >= 15 is 0 Å². The van der Waals surface area contributed by atoms with Crippen LogP contribution in [0.5, 0.6) is 0 Å². The quantitative estimate of drug-likeness (QED) is 0.850. The van der Waals surface area contributed by atoms with Crippen LogP contribution in [-0.4, -0.2) is 5.91 Å². The van der Waals surface area contributed by atoms with E-state index in [0.717, 1.165) is 5.56 Å². The van der Waals surface area contributed by atoms with Crippen molar-refractivity contribution in [3.05, 3.63) is 78.0 Å². The standard InChI is InChI=1S/C15H12NO/c17-15(14-9-5-2-6-10-14)16-12-11-13-7-3-1-4-8-13/h1-9,11-12H,(H,16,17)/b12-11+. The highest BCUT2D eigenvalue weighted by molar-refractivity contribution is 5.94.